The highest BCUT2D eigenvalue weighted by atomic mass is 19.4. The SMILES string of the molecule is CNc1ccc(N2C(=O)N(c3ccc(C#N)c(C(F)(F)F)c3)C3CCCCC32)cc1F. The fourth-order valence-electron chi connectivity index (χ4n) is 4.57. The first-order chi connectivity index (χ1) is 14.8. The molecule has 1 aliphatic carbocycles. The number of nitriles is 1. The Kier molecular flexibility index (Phi) is 5.25. The predicted octanol–water partition coefficient (Wildman–Crippen LogP) is 5.52. The van der Waals surface area contributed by atoms with Gasteiger partial charge >= 0.3 is 12.2 Å². The van der Waals surface area contributed by atoms with Gasteiger partial charge in [0.05, 0.1) is 35.0 Å². The van der Waals surface area contributed by atoms with E-state index in [0.717, 1.165) is 25.0 Å². The number of rotatable bonds is 3. The molecule has 5 nitrogen and oxygen atoms in total. The molecule has 31 heavy (non-hydrogen) atoms. The Morgan fingerprint density at radius 3 is 2.13 bits per heavy atom. The summed E-state index contributed by atoms with van der Waals surface area (Å²) < 4.78 is 54.8. The second-order valence-corrected chi connectivity index (χ2v) is 7.70. The summed E-state index contributed by atoms with van der Waals surface area (Å²) in [6.07, 6.45) is -1.71. The maximum Gasteiger partial charge on any atom is 0.417 e. The molecule has 1 saturated carbocycles. The summed E-state index contributed by atoms with van der Waals surface area (Å²) >= 11 is 0. The Morgan fingerprint density at radius 2 is 1.61 bits per heavy atom. The highest BCUT2D eigenvalue weighted by Gasteiger charge is 2.48. The average Bonchev–Trinajstić information content (AvgIpc) is 3.04. The van der Waals surface area contributed by atoms with Crippen LogP contribution in [0.2, 0.25) is 0 Å². The third-order valence-corrected chi connectivity index (χ3v) is 5.98. The number of hydrogen-bond acceptors (Lipinski definition) is 3. The number of nitrogens with zero attached hydrogens (tertiary/aromatic N) is 3. The van der Waals surface area contributed by atoms with Crippen molar-refractivity contribution in [2.24, 2.45) is 0 Å². The number of carbonyl (C=O) groups excluding carboxylic acids is 1. The van der Waals surface area contributed by atoms with E-state index in [-0.39, 0.29) is 23.5 Å². The first-order valence-electron chi connectivity index (χ1n) is 9.97. The molecule has 1 aliphatic heterocycles. The van der Waals surface area contributed by atoms with Crippen LogP contribution in [0, 0.1) is 17.1 Å². The molecule has 2 atom stereocenters. The zero-order valence-electron chi connectivity index (χ0n) is 16.7. The van der Waals surface area contributed by atoms with Crippen molar-refractivity contribution in [1.29, 1.82) is 5.26 Å². The Balaban J connectivity index is 1.78. The van der Waals surface area contributed by atoms with E-state index in [1.807, 2.05) is 0 Å². The highest BCUT2D eigenvalue weighted by Crippen LogP contribution is 2.42. The molecular weight excluding hydrogens is 412 g/mol. The van der Waals surface area contributed by atoms with Crippen molar-refractivity contribution in [3.8, 4) is 6.07 Å². The minimum Gasteiger partial charge on any atom is -0.386 e. The van der Waals surface area contributed by atoms with Crippen LogP contribution in [0.25, 0.3) is 0 Å². The third-order valence-electron chi connectivity index (χ3n) is 5.98. The number of carbonyl (C=O) groups is 1. The molecule has 162 valence electrons. The monoisotopic (exact) mass is 432 g/mol. The van der Waals surface area contributed by atoms with Crippen LogP contribution in [0.1, 0.15) is 36.8 Å². The molecule has 2 fully saturated rings. The summed E-state index contributed by atoms with van der Waals surface area (Å²) in [6, 6.07) is 8.19. The van der Waals surface area contributed by atoms with Crippen LogP contribution in [-0.2, 0) is 6.18 Å². The van der Waals surface area contributed by atoms with Gasteiger partial charge < -0.3 is 5.32 Å². The Labute approximate surface area is 176 Å². The highest BCUT2D eigenvalue weighted by molar-refractivity contribution is 6.07. The van der Waals surface area contributed by atoms with Gasteiger partial charge in [-0.3, -0.25) is 9.80 Å². The molecule has 0 aromatic heterocycles. The van der Waals surface area contributed by atoms with Crippen molar-refractivity contribution in [1.82, 2.24) is 0 Å². The number of fused-ring (bicyclic) bond motifs is 1. The van der Waals surface area contributed by atoms with E-state index < -0.39 is 29.2 Å². The number of urea groups is 1. The third kappa shape index (κ3) is 3.56. The minimum absolute atomic E-state index is 0.0861. The van der Waals surface area contributed by atoms with Crippen LogP contribution < -0.4 is 15.1 Å². The molecule has 2 aromatic carbocycles. The van der Waals surface area contributed by atoms with E-state index in [0.29, 0.717) is 18.5 Å². The molecule has 9 heteroatoms. The summed E-state index contributed by atoms with van der Waals surface area (Å²) in [5, 5.41) is 11.8. The van der Waals surface area contributed by atoms with Crippen molar-refractivity contribution < 1.29 is 22.4 Å². The molecule has 1 saturated heterocycles. The normalized spacial score (nSPS) is 21.1. The summed E-state index contributed by atoms with van der Waals surface area (Å²) in [7, 11) is 1.58. The van der Waals surface area contributed by atoms with E-state index in [4.69, 9.17) is 5.26 Å². The molecule has 4 rings (SSSR count). The van der Waals surface area contributed by atoms with Crippen molar-refractivity contribution in [3.05, 3.63) is 53.3 Å². The number of halogens is 4. The van der Waals surface area contributed by atoms with Crippen molar-refractivity contribution in [2.45, 2.75) is 43.9 Å². The molecule has 2 aromatic rings. The number of nitrogens with one attached hydrogen (secondary N) is 1. The van der Waals surface area contributed by atoms with Crippen LogP contribution in [0.3, 0.4) is 0 Å². The van der Waals surface area contributed by atoms with E-state index in [2.05, 4.69) is 5.32 Å². The second-order valence-electron chi connectivity index (χ2n) is 7.70. The summed E-state index contributed by atoms with van der Waals surface area (Å²) in [6.45, 7) is 0. The van der Waals surface area contributed by atoms with Crippen LogP contribution in [0.5, 0.6) is 0 Å². The first-order valence-corrected chi connectivity index (χ1v) is 9.97. The second kappa shape index (κ2) is 7.76. The minimum atomic E-state index is -4.72. The van der Waals surface area contributed by atoms with Crippen molar-refractivity contribution in [2.75, 3.05) is 22.2 Å². The Morgan fingerprint density at radius 1 is 1.03 bits per heavy atom. The average molecular weight is 432 g/mol. The largest absolute Gasteiger partial charge is 0.417 e. The van der Waals surface area contributed by atoms with Crippen LogP contribution >= 0.6 is 0 Å². The number of benzene rings is 2. The van der Waals surface area contributed by atoms with E-state index in [9.17, 15) is 22.4 Å². The number of anilines is 3. The van der Waals surface area contributed by atoms with Crippen molar-refractivity contribution >= 4 is 23.1 Å². The quantitative estimate of drug-likeness (QED) is 0.650. The predicted molar refractivity (Wildman–Crippen MR) is 109 cm³/mol. The number of amides is 2. The first kappa shape index (κ1) is 21.0. The van der Waals surface area contributed by atoms with Gasteiger partial charge in [-0.1, -0.05) is 12.8 Å². The van der Waals surface area contributed by atoms with Crippen LogP contribution in [0.4, 0.5) is 39.4 Å². The van der Waals surface area contributed by atoms with Gasteiger partial charge in [0.1, 0.15) is 5.82 Å². The van der Waals surface area contributed by atoms with Crippen LogP contribution in [0.15, 0.2) is 36.4 Å². The molecular formula is C22H20F4N4O. The zero-order valence-corrected chi connectivity index (χ0v) is 16.7. The van der Waals surface area contributed by atoms with Crippen molar-refractivity contribution in [3.63, 3.8) is 0 Å². The molecule has 0 spiro atoms. The standard InChI is InChI=1S/C22H20F4N4O/c1-28-18-9-8-15(11-17(18)23)30-20-5-3-2-4-19(20)29(21(30)31)14-7-6-13(12-27)16(10-14)22(24,25)26/h6-11,19-20,28H,2-5H2,1H3. The van der Waals surface area contributed by atoms with Gasteiger partial charge in [-0.15, -0.1) is 0 Å². The lowest BCUT2D eigenvalue weighted by atomic mass is 9.89. The maximum absolute atomic E-state index is 14.4. The fraction of sp³-hybridized carbons (Fsp3) is 0.364. The molecule has 2 amide bonds. The fourth-order valence-corrected chi connectivity index (χ4v) is 4.57. The van der Waals surface area contributed by atoms with Gasteiger partial charge in [0, 0.05) is 18.4 Å². The molecule has 2 aliphatic rings. The van der Waals surface area contributed by atoms with Gasteiger partial charge in [0.15, 0.2) is 0 Å². The lowest BCUT2D eigenvalue weighted by Crippen LogP contribution is -2.40. The van der Waals surface area contributed by atoms with Gasteiger partial charge in [-0.05, 0) is 49.2 Å². The van der Waals surface area contributed by atoms with Gasteiger partial charge in [-0.2, -0.15) is 18.4 Å². The summed E-state index contributed by atoms with van der Waals surface area (Å²) in [4.78, 5) is 16.3. The molecule has 1 N–H and O–H groups in total. The van der Waals surface area contributed by atoms with E-state index >= 15 is 0 Å². The smallest absolute Gasteiger partial charge is 0.386 e. The zero-order chi connectivity index (χ0) is 22.3. The van der Waals surface area contributed by atoms with E-state index in [1.165, 1.54) is 28.0 Å². The Bertz CT molecular complexity index is 1060. The van der Waals surface area contributed by atoms with Gasteiger partial charge in [0.25, 0.3) is 0 Å². The topological polar surface area (TPSA) is 59.4 Å². The maximum atomic E-state index is 14.4. The number of alkyl halides is 3. The molecule has 1 heterocycles. The summed E-state index contributed by atoms with van der Waals surface area (Å²) in [5.74, 6) is -0.517. The lowest BCUT2D eigenvalue weighted by Gasteiger charge is -2.32. The lowest BCUT2D eigenvalue weighted by molar-refractivity contribution is -0.137. The van der Waals surface area contributed by atoms with Crippen LogP contribution in [-0.4, -0.2) is 25.2 Å². The molecule has 2 unspecified atom stereocenters. The van der Waals surface area contributed by atoms with Gasteiger partial charge in [0.2, 0.25) is 0 Å². The van der Waals surface area contributed by atoms with E-state index in [1.54, 1.807) is 19.2 Å². The molecule has 0 radical (unpaired) electrons. The number of hydrogen-bond donors (Lipinski definition) is 1. The van der Waals surface area contributed by atoms with Gasteiger partial charge in [-0.25, -0.2) is 9.18 Å². The summed E-state index contributed by atoms with van der Waals surface area (Å²) in [5.41, 5.74) is -0.830. The Hall–Kier alpha value is -3.28. The molecule has 0 bridgehead atoms.